The van der Waals surface area contributed by atoms with Crippen LogP contribution in [-0.4, -0.2) is 40.7 Å². The molecule has 2 aromatic rings. The van der Waals surface area contributed by atoms with Crippen molar-refractivity contribution >= 4 is 34.7 Å². The Kier molecular flexibility index (Phi) is 4.36. The number of amides is 1. The van der Waals surface area contributed by atoms with Crippen molar-refractivity contribution in [1.82, 2.24) is 4.90 Å². The minimum absolute atomic E-state index is 0.0212. The van der Waals surface area contributed by atoms with Crippen LogP contribution in [0.15, 0.2) is 53.5 Å². The van der Waals surface area contributed by atoms with Crippen LogP contribution in [0.1, 0.15) is 18.1 Å². The van der Waals surface area contributed by atoms with Gasteiger partial charge < -0.3 is 5.21 Å². The molecule has 0 fully saturated rings. The van der Waals surface area contributed by atoms with E-state index in [9.17, 15) is 10.0 Å². The summed E-state index contributed by atoms with van der Waals surface area (Å²) in [6, 6.07) is 14.6. The number of fused-ring (bicyclic) bond motifs is 1. The Labute approximate surface area is 145 Å². The second kappa shape index (κ2) is 6.45. The summed E-state index contributed by atoms with van der Waals surface area (Å²) in [6.07, 6.45) is 0. The van der Waals surface area contributed by atoms with E-state index in [-0.39, 0.29) is 12.5 Å². The van der Waals surface area contributed by atoms with Gasteiger partial charge in [0, 0.05) is 24.6 Å². The van der Waals surface area contributed by atoms with Gasteiger partial charge in [-0.05, 0) is 30.3 Å². The molecule has 0 atom stereocenters. The van der Waals surface area contributed by atoms with E-state index in [0.717, 1.165) is 10.3 Å². The summed E-state index contributed by atoms with van der Waals surface area (Å²) in [5.41, 5.74) is 2.53. The molecule has 2 aromatic carbocycles. The number of likely N-dealkylation sites (N-methyl/N-ethyl adjacent to an activating group) is 1. The maximum Gasteiger partial charge on any atom is 0.228 e. The molecule has 0 saturated heterocycles. The van der Waals surface area contributed by atoms with Crippen molar-refractivity contribution in [3.8, 4) is 0 Å². The fraction of sp³-hybridized carbons (Fsp3) is 0.167. The van der Waals surface area contributed by atoms with Crippen molar-refractivity contribution in [1.29, 1.82) is 0 Å². The van der Waals surface area contributed by atoms with Crippen molar-refractivity contribution in [3.63, 3.8) is 0 Å². The van der Waals surface area contributed by atoms with Gasteiger partial charge in [-0.15, -0.1) is 0 Å². The van der Waals surface area contributed by atoms with Crippen molar-refractivity contribution < 1.29 is 9.53 Å². The van der Waals surface area contributed by atoms with Gasteiger partial charge in [0.1, 0.15) is 0 Å². The summed E-state index contributed by atoms with van der Waals surface area (Å²) >= 11 is 6.13. The Bertz CT molecular complexity index is 860. The predicted octanol–water partition coefficient (Wildman–Crippen LogP) is 3.21. The number of nitrogens with zero attached hydrogens (tertiary/aromatic N) is 3. The third kappa shape index (κ3) is 3.03. The van der Waals surface area contributed by atoms with Crippen LogP contribution >= 0.6 is 11.6 Å². The number of hydroxylamine groups is 1. The molecule has 0 saturated carbocycles. The predicted molar refractivity (Wildman–Crippen MR) is 95.1 cm³/mol. The molecule has 1 heterocycles. The van der Waals surface area contributed by atoms with E-state index in [1.165, 1.54) is 11.8 Å². The molecule has 1 amide bonds. The van der Waals surface area contributed by atoms with Gasteiger partial charge in [-0.3, -0.25) is 9.69 Å². The van der Waals surface area contributed by atoms with E-state index < -0.39 is 0 Å². The summed E-state index contributed by atoms with van der Waals surface area (Å²) in [6.45, 7) is 1.42. The smallest absolute Gasteiger partial charge is 0.228 e. The average Bonchev–Trinajstić information content (AvgIpc) is 2.70. The van der Waals surface area contributed by atoms with Gasteiger partial charge in [-0.2, -0.15) is 4.74 Å². The van der Waals surface area contributed by atoms with Crippen LogP contribution in [0.3, 0.4) is 0 Å². The maximum absolute atomic E-state index is 12.8. The number of aliphatic imine (C=N–C) groups is 1. The molecule has 3 rings (SSSR count). The minimum Gasteiger partial charge on any atom is -0.623 e. The normalized spacial score (nSPS) is 13.9. The van der Waals surface area contributed by atoms with Crippen LogP contribution in [0, 0.1) is 5.21 Å². The first kappa shape index (κ1) is 16.2. The Morgan fingerprint density at radius 3 is 2.62 bits per heavy atom. The average molecular weight is 342 g/mol. The second-order valence-corrected chi connectivity index (χ2v) is 5.96. The Balaban J connectivity index is 2.24. The van der Waals surface area contributed by atoms with Crippen LogP contribution in [0.25, 0.3) is 0 Å². The number of hydrogen-bond acceptors (Lipinski definition) is 3. The fourth-order valence-corrected chi connectivity index (χ4v) is 2.74. The van der Waals surface area contributed by atoms with Gasteiger partial charge in [0.15, 0.2) is 5.84 Å². The highest BCUT2D eigenvalue weighted by Crippen LogP contribution is 2.28. The quantitative estimate of drug-likeness (QED) is 0.590. The second-order valence-electron chi connectivity index (χ2n) is 5.52. The highest BCUT2D eigenvalue weighted by molar-refractivity contribution is 6.31. The third-order valence-corrected chi connectivity index (χ3v) is 4.14. The Morgan fingerprint density at radius 2 is 1.96 bits per heavy atom. The molecular weight excluding hydrogens is 326 g/mol. The number of hydrogen-bond donors (Lipinski definition) is 0. The van der Waals surface area contributed by atoms with Crippen LogP contribution < -0.4 is 0 Å². The summed E-state index contributed by atoms with van der Waals surface area (Å²) in [5.74, 6) is 0.216. The molecule has 24 heavy (non-hydrogen) atoms. The van der Waals surface area contributed by atoms with Crippen LogP contribution in [0.4, 0.5) is 5.69 Å². The van der Waals surface area contributed by atoms with Crippen molar-refractivity contribution in [2.24, 2.45) is 4.99 Å². The fourth-order valence-electron chi connectivity index (χ4n) is 2.57. The molecular formula is C18H16ClN3O2. The number of rotatable bonds is 1. The molecule has 0 N–H and O–H groups in total. The zero-order chi connectivity index (χ0) is 17.3. The van der Waals surface area contributed by atoms with E-state index in [0.29, 0.717) is 27.8 Å². The standard InChI is InChI=1S/C18H16ClN3O2/c1-12(23)21(2)17-11-22(24)18(13-6-4-3-5-7-13)15-10-14(19)8-9-16(15)20-17/h3-10H,11H2,1-2H3. The molecule has 0 bridgehead atoms. The molecule has 0 spiro atoms. The highest BCUT2D eigenvalue weighted by Gasteiger charge is 2.26. The van der Waals surface area contributed by atoms with Crippen LogP contribution in [0.5, 0.6) is 0 Å². The van der Waals surface area contributed by atoms with Crippen LogP contribution in [-0.2, 0) is 4.79 Å². The summed E-state index contributed by atoms with van der Waals surface area (Å²) in [7, 11) is 1.61. The van der Waals surface area contributed by atoms with Gasteiger partial charge in [0.25, 0.3) is 0 Å². The molecule has 0 aromatic heterocycles. The first-order valence-electron chi connectivity index (χ1n) is 7.46. The molecule has 122 valence electrons. The number of carbonyl (C=O) groups excluding carboxylic acids is 1. The largest absolute Gasteiger partial charge is 0.623 e. The Hall–Kier alpha value is -2.66. The zero-order valence-corrected chi connectivity index (χ0v) is 14.1. The lowest BCUT2D eigenvalue weighted by molar-refractivity contribution is -0.440. The van der Waals surface area contributed by atoms with Gasteiger partial charge >= 0.3 is 0 Å². The number of carbonyl (C=O) groups is 1. The SMILES string of the molecule is CC(=O)N(C)C1=Nc2ccc(Cl)cc2C(c2ccccc2)=[N+]([O-])C1. The lowest BCUT2D eigenvalue weighted by Gasteiger charge is -2.16. The number of halogens is 1. The summed E-state index contributed by atoms with van der Waals surface area (Å²) < 4.78 is 0.857. The molecule has 5 nitrogen and oxygen atoms in total. The first-order chi connectivity index (χ1) is 11.5. The van der Waals surface area contributed by atoms with Gasteiger partial charge in [0.05, 0.1) is 11.3 Å². The summed E-state index contributed by atoms with van der Waals surface area (Å²) in [4.78, 5) is 17.6. The van der Waals surface area contributed by atoms with E-state index >= 15 is 0 Å². The molecule has 1 aliphatic rings. The van der Waals surface area contributed by atoms with E-state index in [1.54, 1.807) is 25.2 Å². The number of benzene rings is 2. The van der Waals surface area contributed by atoms with E-state index in [4.69, 9.17) is 11.6 Å². The first-order valence-corrected chi connectivity index (χ1v) is 7.84. The van der Waals surface area contributed by atoms with Crippen molar-refractivity contribution in [3.05, 3.63) is 69.9 Å². The van der Waals surface area contributed by atoms with Crippen molar-refractivity contribution in [2.45, 2.75) is 6.92 Å². The van der Waals surface area contributed by atoms with Crippen LogP contribution in [0.2, 0.25) is 5.02 Å². The van der Waals surface area contributed by atoms with Gasteiger partial charge in [-0.1, -0.05) is 29.8 Å². The lowest BCUT2D eigenvalue weighted by Crippen LogP contribution is -2.36. The summed E-state index contributed by atoms with van der Waals surface area (Å²) in [5, 5.41) is 13.4. The lowest BCUT2D eigenvalue weighted by atomic mass is 10.0. The highest BCUT2D eigenvalue weighted by atomic mass is 35.5. The van der Waals surface area contributed by atoms with E-state index in [2.05, 4.69) is 4.99 Å². The molecule has 0 unspecified atom stereocenters. The van der Waals surface area contributed by atoms with E-state index in [1.807, 2.05) is 30.3 Å². The molecule has 1 aliphatic heterocycles. The number of amidine groups is 1. The molecule has 0 aliphatic carbocycles. The Morgan fingerprint density at radius 1 is 1.25 bits per heavy atom. The monoisotopic (exact) mass is 341 g/mol. The molecule has 6 heteroatoms. The molecule has 0 radical (unpaired) electrons. The maximum atomic E-state index is 12.8. The minimum atomic E-state index is -0.180. The topological polar surface area (TPSA) is 58.7 Å². The zero-order valence-electron chi connectivity index (χ0n) is 13.4. The third-order valence-electron chi connectivity index (χ3n) is 3.90. The van der Waals surface area contributed by atoms with Gasteiger partial charge in [-0.25, -0.2) is 4.99 Å². The van der Waals surface area contributed by atoms with Crippen molar-refractivity contribution in [2.75, 3.05) is 13.6 Å². The van der Waals surface area contributed by atoms with Gasteiger partial charge in [0.2, 0.25) is 18.2 Å².